The summed E-state index contributed by atoms with van der Waals surface area (Å²) in [5.74, 6) is 1.72. The number of H-pyrrole nitrogens is 1. The highest BCUT2D eigenvalue weighted by Crippen LogP contribution is 2.21. The zero-order chi connectivity index (χ0) is 13.5. The number of aromatic nitrogens is 3. The number of anilines is 3. The molecule has 0 unspecified atom stereocenters. The van der Waals surface area contributed by atoms with Crippen molar-refractivity contribution in [1.82, 2.24) is 20.3 Å². The summed E-state index contributed by atoms with van der Waals surface area (Å²) in [6.45, 7) is 1.89. The Balaban J connectivity index is 1.98. The van der Waals surface area contributed by atoms with E-state index in [0.29, 0.717) is 0 Å². The molecule has 2 heterocycles. The number of aromatic amines is 1. The van der Waals surface area contributed by atoms with E-state index < -0.39 is 0 Å². The third kappa shape index (κ3) is 3.69. The first-order valence-corrected chi connectivity index (χ1v) is 6.38. The minimum atomic E-state index is 0.850. The van der Waals surface area contributed by atoms with Crippen molar-refractivity contribution < 1.29 is 0 Å². The van der Waals surface area contributed by atoms with E-state index in [9.17, 15) is 0 Å². The second-order valence-corrected chi connectivity index (χ2v) is 4.27. The van der Waals surface area contributed by atoms with Crippen LogP contribution < -0.4 is 15.5 Å². The smallest absolute Gasteiger partial charge is 0.138 e. The van der Waals surface area contributed by atoms with Crippen LogP contribution >= 0.6 is 0 Å². The van der Waals surface area contributed by atoms with Crippen LogP contribution in [0.15, 0.2) is 30.9 Å². The lowest BCUT2D eigenvalue weighted by atomic mass is 10.4. The minimum absolute atomic E-state index is 0.850. The SMILES string of the molecule is CNCCCNc1cc(N(C)c2cc[nH]c2)ncn1. The van der Waals surface area contributed by atoms with Crippen LogP contribution in [0.3, 0.4) is 0 Å². The summed E-state index contributed by atoms with van der Waals surface area (Å²) in [7, 11) is 3.94. The fraction of sp³-hybridized carbons (Fsp3) is 0.385. The van der Waals surface area contributed by atoms with Crippen LogP contribution in [0.5, 0.6) is 0 Å². The molecule has 0 saturated heterocycles. The second kappa shape index (κ2) is 6.75. The highest BCUT2D eigenvalue weighted by molar-refractivity contribution is 5.60. The fourth-order valence-corrected chi connectivity index (χ4v) is 1.76. The zero-order valence-corrected chi connectivity index (χ0v) is 11.3. The van der Waals surface area contributed by atoms with Crippen molar-refractivity contribution in [3.63, 3.8) is 0 Å². The Hall–Kier alpha value is -2.08. The fourth-order valence-electron chi connectivity index (χ4n) is 1.76. The Labute approximate surface area is 113 Å². The molecule has 0 fully saturated rings. The van der Waals surface area contributed by atoms with E-state index in [4.69, 9.17) is 0 Å². The summed E-state index contributed by atoms with van der Waals surface area (Å²) in [5, 5.41) is 6.41. The average molecular weight is 260 g/mol. The topological polar surface area (TPSA) is 68.9 Å². The van der Waals surface area contributed by atoms with Gasteiger partial charge in [0.1, 0.15) is 18.0 Å². The molecule has 102 valence electrons. The zero-order valence-electron chi connectivity index (χ0n) is 11.3. The Morgan fingerprint density at radius 2 is 2.21 bits per heavy atom. The molecule has 19 heavy (non-hydrogen) atoms. The maximum absolute atomic E-state index is 4.29. The molecular weight excluding hydrogens is 240 g/mol. The van der Waals surface area contributed by atoms with Crippen molar-refractivity contribution in [3.05, 3.63) is 30.9 Å². The van der Waals surface area contributed by atoms with Gasteiger partial charge in [-0.25, -0.2) is 9.97 Å². The molecule has 2 aromatic heterocycles. The summed E-state index contributed by atoms with van der Waals surface area (Å²) in [6, 6.07) is 3.95. The number of rotatable bonds is 7. The number of nitrogens with one attached hydrogen (secondary N) is 3. The van der Waals surface area contributed by atoms with E-state index in [1.54, 1.807) is 6.33 Å². The van der Waals surface area contributed by atoms with Gasteiger partial charge in [-0.15, -0.1) is 0 Å². The maximum Gasteiger partial charge on any atom is 0.138 e. The van der Waals surface area contributed by atoms with Crippen molar-refractivity contribution in [2.24, 2.45) is 0 Å². The minimum Gasteiger partial charge on any atom is -0.370 e. The lowest BCUT2D eigenvalue weighted by molar-refractivity contribution is 0.746. The lowest BCUT2D eigenvalue weighted by Gasteiger charge is -2.16. The number of nitrogens with zero attached hydrogens (tertiary/aromatic N) is 3. The van der Waals surface area contributed by atoms with Gasteiger partial charge in [0.15, 0.2) is 0 Å². The normalized spacial score (nSPS) is 10.4. The lowest BCUT2D eigenvalue weighted by Crippen LogP contribution is -2.14. The quantitative estimate of drug-likeness (QED) is 0.660. The van der Waals surface area contributed by atoms with Gasteiger partial charge in [0.2, 0.25) is 0 Å². The third-order valence-corrected chi connectivity index (χ3v) is 2.87. The molecule has 0 atom stereocenters. The molecule has 0 aliphatic rings. The Morgan fingerprint density at radius 1 is 1.32 bits per heavy atom. The molecule has 0 amide bonds. The van der Waals surface area contributed by atoms with Crippen molar-refractivity contribution >= 4 is 17.3 Å². The number of hydrogen-bond donors (Lipinski definition) is 3. The van der Waals surface area contributed by atoms with Gasteiger partial charge in [-0.2, -0.15) is 0 Å². The van der Waals surface area contributed by atoms with E-state index in [1.165, 1.54) is 0 Å². The largest absolute Gasteiger partial charge is 0.370 e. The average Bonchev–Trinajstić information content (AvgIpc) is 2.97. The Morgan fingerprint density at radius 3 is 2.95 bits per heavy atom. The van der Waals surface area contributed by atoms with E-state index in [1.807, 2.05) is 43.5 Å². The maximum atomic E-state index is 4.29. The predicted octanol–water partition coefficient (Wildman–Crippen LogP) is 1.59. The van der Waals surface area contributed by atoms with Crippen molar-refractivity contribution in [2.75, 3.05) is 37.4 Å². The molecule has 2 rings (SSSR count). The van der Waals surface area contributed by atoms with Gasteiger partial charge in [0.25, 0.3) is 0 Å². The molecule has 2 aromatic rings. The molecule has 0 bridgehead atoms. The molecule has 0 radical (unpaired) electrons. The third-order valence-electron chi connectivity index (χ3n) is 2.87. The Kier molecular flexibility index (Phi) is 4.74. The van der Waals surface area contributed by atoms with Gasteiger partial charge in [-0.1, -0.05) is 0 Å². The molecule has 3 N–H and O–H groups in total. The van der Waals surface area contributed by atoms with Crippen LogP contribution in [0.1, 0.15) is 6.42 Å². The molecule has 0 spiro atoms. The molecule has 0 aliphatic carbocycles. The highest BCUT2D eigenvalue weighted by Gasteiger charge is 2.06. The van der Waals surface area contributed by atoms with E-state index >= 15 is 0 Å². The molecular formula is C13H20N6. The Bertz CT molecular complexity index is 482. The van der Waals surface area contributed by atoms with Crippen molar-refractivity contribution in [2.45, 2.75) is 6.42 Å². The van der Waals surface area contributed by atoms with Crippen molar-refractivity contribution in [3.8, 4) is 0 Å². The first-order chi connectivity index (χ1) is 9.31. The molecule has 6 nitrogen and oxygen atoms in total. The summed E-state index contributed by atoms with van der Waals surface area (Å²) in [6.07, 6.45) is 6.47. The van der Waals surface area contributed by atoms with Gasteiger partial charge in [-0.3, -0.25) is 0 Å². The van der Waals surface area contributed by atoms with Crippen LogP contribution in [-0.4, -0.2) is 42.1 Å². The van der Waals surface area contributed by atoms with Gasteiger partial charge >= 0.3 is 0 Å². The summed E-state index contributed by atoms with van der Waals surface area (Å²) < 4.78 is 0. The number of hydrogen-bond acceptors (Lipinski definition) is 5. The van der Waals surface area contributed by atoms with Crippen LogP contribution in [0.25, 0.3) is 0 Å². The van der Waals surface area contributed by atoms with Crippen LogP contribution in [0, 0.1) is 0 Å². The standard InChI is InChI=1S/C13H20N6/c1-14-5-3-6-16-12-8-13(18-10-17-12)19(2)11-4-7-15-9-11/h4,7-10,14-15H,3,5-6H2,1-2H3,(H,16,17,18). The summed E-state index contributed by atoms with van der Waals surface area (Å²) >= 11 is 0. The first kappa shape index (κ1) is 13.4. The van der Waals surface area contributed by atoms with Crippen molar-refractivity contribution in [1.29, 1.82) is 0 Å². The first-order valence-electron chi connectivity index (χ1n) is 6.38. The molecule has 0 saturated carbocycles. The van der Waals surface area contributed by atoms with Crippen LogP contribution in [0.4, 0.5) is 17.3 Å². The monoisotopic (exact) mass is 260 g/mol. The predicted molar refractivity (Wildman–Crippen MR) is 77.9 cm³/mol. The van der Waals surface area contributed by atoms with E-state index in [-0.39, 0.29) is 0 Å². The second-order valence-electron chi connectivity index (χ2n) is 4.27. The molecule has 0 aromatic carbocycles. The molecule has 0 aliphatic heterocycles. The van der Waals surface area contributed by atoms with E-state index in [0.717, 1.165) is 36.8 Å². The van der Waals surface area contributed by atoms with Crippen LogP contribution in [0.2, 0.25) is 0 Å². The van der Waals surface area contributed by atoms with Gasteiger partial charge in [-0.05, 0) is 26.1 Å². The highest BCUT2D eigenvalue weighted by atomic mass is 15.2. The summed E-state index contributed by atoms with van der Waals surface area (Å²) in [4.78, 5) is 13.6. The summed E-state index contributed by atoms with van der Waals surface area (Å²) in [5.41, 5.74) is 1.07. The van der Waals surface area contributed by atoms with Crippen LogP contribution in [-0.2, 0) is 0 Å². The van der Waals surface area contributed by atoms with Gasteiger partial charge < -0.3 is 20.5 Å². The van der Waals surface area contributed by atoms with Gasteiger partial charge in [0, 0.05) is 32.1 Å². The molecule has 6 heteroatoms. The van der Waals surface area contributed by atoms with Gasteiger partial charge in [0.05, 0.1) is 5.69 Å². The van der Waals surface area contributed by atoms with E-state index in [2.05, 4.69) is 25.6 Å².